The van der Waals surface area contributed by atoms with Crippen LogP contribution in [0.25, 0.3) is 10.9 Å². The summed E-state index contributed by atoms with van der Waals surface area (Å²) in [5.41, 5.74) is 6.52. The van der Waals surface area contributed by atoms with Gasteiger partial charge in [0.2, 0.25) is 5.95 Å². The first-order valence-electron chi connectivity index (χ1n) is 5.34. The van der Waals surface area contributed by atoms with Gasteiger partial charge in [0.05, 0.1) is 12.1 Å². The highest BCUT2D eigenvalue weighted by Crippen LogP contribution is 2.17. The number of carbonyl (C=O) groups excluding carboxylic acids is 1. The van der Waals surface area contributed by atoms with Crippen LogP contribution in [-0.4, -0.2) is 34.4 Å². The van der Waals surface area contributed by atoms with Gasteiger partial charge in [-0.05, 0) is 6.07 Å². The highest BCUT2D eigenvalue weighted by atomic mass is 16.2. The fraction of sp³-hybridized carbons (Fsp3) is 0.154. The minimum Gasteiger partial charge on any atom is -0.368 e. The minimum absolute atomic E-state index is 0.0751. The number of terminal acetylenes is 1. The lowest BCUT2D eigenvalue weighted by Gasteiger charge is -2.14. The molecular formula is C13H12N4O. The van der Waals surface area contributed by atoms with Crippen LogP contribution >= 0.6 is 0 Å². The summed E-state index contributed by atoms with van der Waals surface area (Å²) >= 11 is 0. The number of carbonyl (C=O) groups is 1. The standard InChI is InChI=1S/C13H12N4O/c1-3-8-17(2)12(18)11-9-6-4-5-7-10(9)15-13(14)16-11/h1,4-7H,8H2,2H3,(H2,14,15,16). The number of nitrogens with two attached hydrogens (primary N) is 1. The lowest BCUT2D eigenvalue weighted by atomic mass is 10.1. The second-order valence-electron chi connectivity index (χ2n) is 3.81. The third kappa shape index (κ3) is 2.09. The summed E-state index contributed by atoms with van der Waals surface area (Å²) in [6, 6.07) is 7.21. The van der Waals surface area contributed by atoms with Crippen LogP contribution in [0.4, 0.5) is 5.95 Å². The van der Waals surface area contributed by atoms with Crippen LogP contribution in [0.1, 0.15) is 10.5 Å². The molecule has 0 aliphatic heterocycles. The average Bonchev–Trinajstić information content (AvgIpc) is 2.37. The van der Waals surface area contributed by atoms with Crippen molar-refractivity contribution in [2.45, 2.75) is 0 Å². The highest BCUT2D eigenvalue weighted by molar-refractivity contribution is 6.04. The minimum atomic E-state index is -0.266. The number of para-hydroxylation sites is 1. The Morgan fingerprint density at radius 1 is 1.44 bits per heavy atom. The van der Waals surface area contributed by atoms with Crippen LogP contribution in [0.3, 0.4) is 0 Å². The zero-order valence-electron chi connectivity index (χ0n) is 9.92. The van der Waals surface area contributed by atoms with E-state index in [1.54, 1.807) is 19.2 Å². The van der Waals surface area contributed by atoms with Crippen molar-refractivity contribution in [1.29, 1.82) is 0 Å². The van der Waals surface area contributed by atoms with Crippen molar-refractivity contribution < 1.29 is 4.79 Å². The molecule has 1 heterocycles. The number of rotatable bonds is 2. The summed E-state index contributed by atoms with van der Waals surface area (Å²) in [6.45, 7) is 0.219. The smallest absolute Gasteiger partial charge is 0.273 e. The average molecular weight is 240 g/mol. The number of benzene rings is 1. The number of hydrogen-bond acceptors (Lipinski definition) is 4. The van der Waals surface area contributed by atoms with Gasteiger partial charge in [0.25, 0.3) is 5.91 Å². The van der Waals surface area contributed by atoms with Crippen LogP contribution in [0.15, 0.2) is 24.3 Å². The van der Waals surface area contributed by atoms with Gasteiger partial charge in [0.15, 0.2) is 0 Å². The van der Waals surface area contributed by atoms with Gasteiger partial charge in [-0.2, -0.15) is 0 Å². The van der Waals surface area contributed by atoms with Crippen LogP contribution in [-0.2, 0) is 0 Å². The predicted octanol–water partition coefficient (Wildman–Crippen LogP) is 0.917. The van der Waals surface area contributed by atoms with E-state index in [0.29, 0.717) is 10.9 Å². The number of anilines is 1. The molecule has 0 aliphatic carbocycles. The van der Waals surface area contributed by atoms with Crippen molar-refractivity contribution in [3.63, 3.8) is 0 Å². The Bertz CT molecular complexity index is 645. The van der Waals surface area contributed by atoms with Crippen molar-refractivity contribution >= 4 is 22.8 Å². The van der Waals surface area contributed by atoms with Crippen LogP contribution in [0.5, 0.6) is 0 Å². The summed E-state index contributed by atoms with van der Waals surface area (Å²) < 4.78 is 0. The van der Waals surface area contributed by atoms with E-state index < -0.39 is 0 Å². The van der Waals surface area contributed by atoms with Gasteiger partial charge in [0, 0.05) is 12.4 Å². The SMILES string of the molecule is C#CCN(C)C(=O)c1nc(N)nc2ccccc12. The van der Waals surface area contributed by atoms with Crippen LogP contribution in [0, 0.1) is 12.3 Å². The van der Waals surface area contributed by atoms with Gasteiger partial charge >= 0.3 is 0 Å². The van der Waals surface area contributed by atoms with E-state index in [4.69, 9.17) is 12.2 Å². The van der Waals surface area contributed by atoms with Gasteiger partial charge in [-0.25, -0.2) is 9.97 Å². The molecule has 2 N–H and O–H groups in total. The molecule has 1 aromatic heterocycles. The third-order valence-electron chi connectivity index (χ3n) is 2.50. The van der Waals surface area contributed by atoms with E-state index in [-0.39, 0.29) is 24.1 Å². The largest absolute Gasteiger partial charge is 0.368 e. The molecule has 1 aromatic carbocycles. The van der Waals surface area contributed by atoms with Crippen LogP contribution < -0.4 is 5.73 Å². The summed E-state index contributed by atoms with van der Waals surface area (Å²) in [4.78, 5) is 21.7. The number of nitrogens with zero attached hydrogens (tertiary/aromatic N) is 3. The van der Waals surface area contributed by atoms with E-state index in [1.807, 2.05) is 12.1 Å². The Hall–Kier alpha value is -2.61. The maximum absolute atomic E-state index is 12.2. The van der Waals surface area contributed by atoms with Crippen molar-refractivity contribution in [3.05, 3.63) is 30.0 Å². The monoisotopic (exact) mass is 240 g/mol. The van der Waals surface area contributed by atoms with Crippen LogP contribution in [0.2, 0.25) is 0 Å². The molecule has 0 radical (unpaired) electrons. The Labute approximate surface area is 105 Å². The van der Waals surface area contributed by atoms with E-state index in [9.17, 15) is 4.79 Å². The molecule has 0 spiro atoms. The number of fused-ring (bicyclic) bond motifs is 1. The third-order valence-corrected chi connectivity index (χ3v) is 2.50. The molecule has 0 atom stereocenters. The molecule has 1 amide bonds. The molecule has 0 aliphatic rings. The van der Waals surface area contributed by atoms with Gasteiger partial charge in [-0.3, -0.25) is 4.79 Å². The molecule has 0 fully saturated rings. The maximum atomic E-state index is 12.2. The molecule has 5 heteroatoms. The van der Waals surface area contributed by atoms with Gasteiger partial charge < -0.3 is 10.6 Å². The normalized spacial score (nSPS) is 10.0. The van der Waals surface area contributed by atoms with Gasteiger partial charge in [-0.1, -0.05) is 24.1 Å². The van der Waals surface area contributed by atoms with E-state index in [2.05, 4.69) is 15.9 Å². The van der Waals surface area contributed by atoms with Crippen molar-refractivity contribution in [1.82, 2.24) is 14.9 Å². The van der Waals surface area contributed by atoms with Gasteiger partial charge in [0.1, 0.15) is 5.69 Å². The van der Waals surface area contributed by atoms with Crippen molar-refractivity contribution in [2.24, 2.45) is 0 Å². The van der Waals surface area contributed by atoms with E-state index in [1.165, 1.54) is 4.90 Å². The maximum Gasteiger partial charge on any atom is 0.273 e. The zero-order valence-corrected chi connectivity index (χ0v) is 9.92. The molecule has 5 nitrogen and oxygen atoms in total. The topological polar surface area (TPSA) is 72.1 Å². The summed E-state index contributed by atoms with van der Waals surface area (Å²) in [5.74, 6) is 2.22. The lowest BCUT2D eigenvalue weighted by molar-refractivity contribution is 0.0809. The zero-order chi connectivity index (χ0) is 13.1. The molecule has 90 valence electrons. The number of amides is 1. The second-order valence-corrected chi connectivity index (χ2v) is 3.81. The summed E-state index contributed by atoms with van der Waals surface area (Å²) in [5, 5.41) is 0.667. The van der Waals surface area contributed by atoms with Crippen molar-refractivity contribution in [2.75, 3.05) is 19.3 Å². The first-order valence-corrected chi connectivity index (χ1v) is 5.34. The number of hydrogen-bond donors (Lipinski definition) is 1. The highest BCUT2D eigenvalue weighted by Gasteiger charge is 2.17. The molecular weight excluding hydrogens is 228 g/mol. The fourth-order valence-electron chi connectivity index (χ4n) is 1.65. The Kier molecular flexibility index (Phi) is 3.11. The quantitative estimate of drug-likeness (QED) is 0.792. The lowest BCUT2D eigenvalue weighted by Crippen LogP contribution is -2.28. The Morgan fingerprint density at radius 3 is 2.89 bits per heavy atom. The first kappa shape index (κ1) is 11.9. The molecule has 0 unspecified atom stereocenters. The molecule has 2 aromatic rings. The molecule has 18 heavy (non-hydrogen) atoms. The molecule has 0 bridgehead atoms. The number of aromatic nitrogens is 2. The van der Waals surface area contributed by atoms with E-state index in [0.717, 1.165) is 0 Å². The Balaban J connectivity index is 2.57. The second kappa shape index (κ2) is 4.72. The first-order chi connectivity index (χ1) is 8.63. The fourth-order valence-corrected chi connectivity index (χ4v) is 1.65. The number of nitrogen functional groups attached to an aromatic ring is 1. The van der Waals surface area contributed by atoms with E-state index >= 15 is 0 Å². The van der Waals surface area contributed by atoms with Gasteiger partial charge in [-0.15, -0.1) is 6.42 Å². The van der Waals surface area contributed by atoms with Crippen molar-refractivity contribution in [3.8, 4) is 12.3 Å². The molecule has 0 saturated heterocycles. The summed E-state index contributed by atoms with van der Waals surface area (Å²) in [7, 11) is 1.62. The Morgan fingerprint density at radius 2 is 2.17 bits per heavy atom. The summed E-state index contributed by atoms with van der Waals surface area (Å²) in [6.07, 6.45) is 5.19. The predicted molar refractivity (Wildman–Crippen MR) is 69.7 cm³/mol. The molecule has 2 rings (SSSR count). The molecule has 0 saturated carbocycles.